The van der Waals surface area contributed by atoms with Crippen LogP contribution in [0.1, 0.15) is 0 Å². The number of halogens is 1. The van der Waals surface area contributed by atoms with E-state index < -0.39 is 0 Å². The number of benzene rings is 1. The van der Waals surface area contributed by atoms with Gasteiger partial charge in [0.15, 0.2) is 5.51 Å². The number of hydrogen-bond acceptors (Lipinski definition) is 2. The molecule has 2 rings (SSSR count). The topological polar surface area (TPSA) is 12.9 Å². The molecule has 0 bridgehead atoms. The predicted octanol–water partition coefficient (Wildman–Crippen LogP) is 2.55. The predicted molar refractivity (Wildman–Crippen MR) is 42.3 cm³/mol. The highest BCUT2D eigenvalue weighted by Crippen LogP contribution is 2.20. The number of aromatic nitrogens is 1. The summed E-state index contributed by atoms with van der Waals surface area (Å²) in [5, 5.41) is 0.699. The first-order chi connectivity index (χ1) is 4.86. The molecule has 0 aliphatic carbocycles. The monoisotopic (exact) mass is 167 g/mol. The second-order valence-corrected chi connectivity index (χ2v) is 3.10. The van der Waals surface area contributed by atoms with Crippen LogP contribution < -0.4 is 0 Å². The third kappa shape index (κ3) is 0.895. The van der Waals surface area contributed by atoms with Gasteiger partial charge in [0.1, 0.15) is 0 Å². The summed E-state index contributed by atoms with van der Waals surface area (Å²) in [7, 11) is 0. The Kier molecular flexibility index (Phi) is 1.36. The van der Waals surface area contributed by atoms with Gasteiger partial charge in [-0.25, -0.2) is 4.98 Å². The summed E-state index contributed by atoms with van der Waals surface area (Å²) in [5.74, 6) is 0. The molecule has 0 amide bonds. The maximum atomic E-state index is 5.71. The zero-order valence-corrected chi connectivity index (χ0v) is 6.46. The third-order valence-electron chi connectivity index (χ3n) is 1.16. The van der Waals surface area contributed by atoms with Crippen LogP contribution in [0.3, 0.4) is 0 Å². The molecule has 0 atom stereocenters. The lowest BCUT2D eigenvalue weighted by Gasteiger charge is -1.85. The Morgan fingerprint density at radius 1 is 1.60 bits per heavy atom. The molecule has 1 heterocycles. The van der Waals surface area contributed by atoms with Crippen LogP contribution in [0.2, 0.25) is 5.02 Å². The van der Waals surface area contributed by atoms with Gasteiger partial charge in [-0.15, -0.1) is 11.3 Å². The minimum absolute atomic E-state index is 0.699. The van der Waals surface area contributed by atoms with Crippen LogP contribution in [0.4, 0.5) is 0 Å². The van der Waals surface area contributed by atoms with Gasteiger partial charge >= 0.3 is 0 Å². The highest BCUT2D eigenvalue weighted by molar-refractivity contribution is 7.16. The Hall–Kier alpha value is -0.600. The average Bonchev–Trinajstić information content (AvgIpc) is 2.33. The molecular weight excluding hydrogens is 166 g/mol. The van der Waals surface area contributed by atoms with Crippen LogP contribution in [0.15, 0.2) is 12.1 Å². The Bertz CT molecular complexity index is 355. The number of rotatable bonds is 0. The molecule has 3 heteroatoms. The van der Waals surface area contributed by atoms with Crippen molar-refractivity contribution >= 4 is 33.2 Å². The van der Waals surface area contributed by atoms with Gasteiger partial charge in [-0.2, -0.15) is 0 Å². The van der Waals surface area contributed by atoms with Crippen LogP contribution in [0.25, 0.3) is 10.2 Å². The molecule has 0 unspecified atom stereocenters. The van der Waals surface area contributed by atoms with E-state index in [1.807, 2.05) is 6.07 Å². The van der Waals surface area contributed by atoms with Gasteiger partial charge in [-0.05, 0) is 12.1 Å². The summed E-state index contributed by atoms with van der Waals surface area (Å²) >= 11 is 7.16. The molecule has 2 aromatic rings. The minimum Gasteiger partial charge on any atom is -0.233 e. The summed E-state index contributed by atoms with van der Waals surface area (Å²) in [6, 6.07) is 6.50. The lowest BCUT2D eigenvalue weighted by atomic mass is 10.3. The Labute approximate surface area is 67.3 Å². The molecule has 0 aliphatic rings. The van der Waals surface area contributed by atoms with Gasteiger partial charge in [0, 0.05) is 11.1 Å². The second kappa shape index (κ2) is 2.22. The van der Waals surface area contributed by atoms with Gasteiger partial charge in [-0.3, -0.25) is 0 Å². The van der Waals surface area contributed by atoms with Crippen LogP contribution in [-0.4, -0.2) is 4.98 Å². The van der Waals surface area contributed by atoms with Crippen LogP contribution in [-0.2, 0) is 0 Å². The normalized spacial score (nSPS) is 10.5. The van der Waals surface area contributed by atoms with Crippen molar-refractivity contribution in [3.05, 3.63) is 28.7 Å². The summed E-state index contributed by atoms with van der Waals surface area (Å²) in [6.07, 6.45) is 0. The van der Waals surface area contributed by atoms with Gasteiger partial charge in [0.05, 0.1) is 10.2 Å². The third-order valence-corrected chi connectivity index (χ3v) is 2.09. The van der Waals surface area contributed by atoms with Gasteiger partial charge in [0.2, 0.25) is 0 Å². The molecule has 0 aliphatic heterocycles. The van der Waals surface area contributed by atoms with Crippen molar-refractivity contribution in [2.75, 3.05) is 0 Å². The first-order valence-corrected chi connectivity index (χ1v) is 3.89. The number of thiazole rings is 1. The fourth-order valence-corrected chi connectivity index (χ4v) is 1.58. The maximum Gasteiger partial charge on any atom is 0.153 e. The lowest BCUT2D eigenvalue weighted by molar-refractivity contribution is 1.48. The summed E-state index contributed by atoms with van der Waals surface area (Å²) < 4.78 is 1.03. The highest BCUT2D eigenvalue weighted by atomic mass is 35.5. The quantitative estimate of drug-likeness (QED) is 0.588. The van der Waals surface area contributed by atoms with Crippen molar-refractivity contribution in [2.45, 2.75) is 0 Å². The molecule has 0 fully saturated rings. The van der Waals surface area contributed by atoms with E-state index in [4.69, 9.17) is 11.6 Å². The zero-order chi connectivity index (χ0) is 6.97. The van der Waals surface area contributed by atoms with E-state index in [-0.39, 0.29) is 0 Å². The van der Waals surface area contributed by atoms with E-state index in [0.29, 0.717) is 5.02 Å². The van der Waals surface area contributed by atoms with E-state index in [1.54, 1.807) is 6.07 Å². The van der Waals surface area contributed by atoms with E-state index in [2.05, 4.69) is 16.6 Å². The fraction of sp³-hybridized carbons (Fsp3) is 0. The lowest BCUT2D eigenvalue weighted by Crippen LogP contribution is -1.66. The molecule has 0 saturated carbocycles. The Morgan fingerprint density at radius 3 is 3.40 bits per heavy atom. The van der Waals surface area contributed by atoms with Crippen LogP contribution in [0, 0.1) is 11.6 Å². The highest BCUT2D eigenvalue weighted by Gasteiger charge is 1.95. The van der Waals surface area contributed by atoms with Crippen molar-refractivity contribution in [1.82, 2.24) is 4.98 Å². The van der Waals surface area contributed by atoms with E-state index in [0.717, 1.165) is 10.2 Å². The Balaban J connectivity index is 2.86. The first-order valence-electron chi connectivity index (χ1n) is 2.70. The molecule has 10 heavy (non-hydrogen) atoms. The zero-order valence-electron chi connectivity index (χ0n) is 4.89. The first kappa shape index (κ1) is 6.13. The van der Waals surface area contributed by atoms with Crippen LogP contribution in [0.5, 0.6) is 0 Å². The molecule has 0 spiro atoms. The van der Waals surface area contributed by atoms with Crippen molar-refractivity contribution < 1.29 is 0 Å². The number of nitrogens with zero attached hydrogens (tertiary/aromatic N) is 1. The molecule has 48 valence electrons. The maximum absolute atomic E-state index is 5.71. The van der Waals surface area contributed by atoms with Crippen molar-refractivity contribution in [3.63, 3.8) is 0 Å². The van der Waals surface area contributed by atoms with Gasteiger partial charge in [0.25, 0.3) is 0 Å². The van der Waals surface area contributed by atoms with E-state index in [1.165, 1.54) is 11.3 Å². The largest absolute Gasteiger partial charge is 0.233 e. The number of fused-ring (bicyclic) bond motifs is 1. The smallest absolute Gasteiger partial charge is 0.153 e. The summed E-state index contributed by atoms with van der Waals surface area (Å²) in [6.45, 7) is 0. The van der Waals surface area contributed by atoms with Gasteiger partial charge < -0.3 is 0 Å². The van der Waals surface area contributed by atoms with Crippen LogP contribution >= 0.6 is 22.9 Å². The molecule has 0 N–H and O–H groups in total. The number of hydrogen-bond donors (Lipinski definition) is 0. The van der Waals surface area contributed by atoms with E-state index >= 15 is 0 Å². The summed E-state index contributed by atoms with van der Waals surface area (Å²) in [4.78, 5) is 3.94. The van der Waals surface area contributed by atoms with Gasteiger partial charge in [-0.1, -0.05) is 11.6 Å². The molecule has 1 aromatic heterocycles. The molecule has 1 nitrogen and oxygen atoms in total. The fourth-order valence-electron chi connectivity index (χ4n) is 0.727. The summed E-state index contributed by atoms with van der Waals surface area (Å²) in [5.41, 5.74) is 3.61. The Morgan fingerprint density at radius 2 is 2.50 bits per heavy atom. The van der Waals surface area contributed by atoms with Crippen molar-refractivity contribution in [2.24, 2.45) is 0 Å². The second-order valence-electron chi connectivity index (χ2n) is 1.84. The van der Waals surface area contributed by atoms with Crippen molar-refractivity contribution in [3.8, 4) is 0 Å². The molecule has 2 radical (unpaired) electrons. The van der Waals surface area contributed by atoms with E-state index in [9.17, 15) is 0 Å². The molecule has 1 aromatic carbocycles. The minimum atomic E-state index is 0.699. The van der Waals surface area contributed by atoms with Crippen molar-refractivity contribution in [1.29, 1.82) is 0 Å². The molecular formula is C7H2ClNS. The molecule has 0 saturated heterocycles. The standard InChI is InChI=1S/C7H2ClNS/c8-5-1-2-6-7(3-5)10-4-9-6/h1,3H. The SMILES string of the molecule is Clc1c[c]c2n[c]sc2c1. The average molecular weight is 168 g/mol.